The lowest BCUT2D eigenvalue weighted by Gasteiger charge is -2.26. The summed E-state index contributed by atoms with van der Waals surface area (Å²) in [6.07, 6.45) is 0. The average molecular weight is 362 g/mol. The van der Waals surface area contributed by atoms with Crippen LogP contribution in [0.3, 0.4) is 0 Å². The van der Waals surface area contributed by atoms with Crippen LogP contribution in [0.2, 0.25) is 0 Å². The average Bonchev–Trinajstić information content (AvgIpc) is 2.64. The van der Waals surface area contributed by atoms with Crippen molar-refractivity contribution in [1.82, 2.24) is 4.90 Å². The molecule has 1 aliphatic rings. The maximum absolute atomic E-state index is 12.3. The maximum atomic E-state index is 12.3. The van der Waals surface area contributed by atoms with E-state index in [1.165, 1.54) is 5.56 Å². The fourth-order valence-electron chi connectivity index (χ4n) is 2.71. The van der Waals surface area contributed by atoms with E-state index in [1.807, 2.05) is 24.3 Å². The van der Waals surface area contributed by atoms with Gasteiger partial charge in [0.05, 0.1) is 13.2 Å². The van der Waals surface area contributed by atoms with Crippen LogP contribution in [0.5, 0.6) is 0 Å². The number of nitrogens with zero attached hydrogens (tertiary/aromatic N) is 1. The topological polar surface area (TPSA) is 67.6 Å². The zero-order chi connectivity index (χ0) is 16.8. The van der Waals surface area contributed by atoms with Gasteiger partial charge in [-0.05, 0) is 35.4 Å². The largest absolute Gasteiger partial charge is 0.379 e. The first-order valence-corrected chi connectivity index (χ1v) is 8.24. The summed E-state index contributed by atoms with van der Waals surface area (Å²) in [6, 6.07) is 15.4. The smallest absolute Gasteiger partial charge is 0.255 e. The number of hydrogen-bond donors (Lipinski definition) is 2. The van der Waals surface area contributed by atoms with Crippen molar-refractivity contribution < 1.29 is 9.53 Å². The Kier molecular flexibility index (Phi) is 7.40. The third kappa shape index (κ3) is 5.54. The Morgan fingerprint density at radius 2 is 1.60 bits per heavy atom. The first-order valence-electron chi connectivity index (χ1n) is 8.24. The fraction of sp³-hybridized carbons (Fsp3) is 0.316. The van der Waals surface area contributed by atoms with Gasteiger partial charge >= 0.3 is 0 Å². The van der Waals surface area contributed by atoms with Crippen molar-refractivity contribution in [3.05, 3.63) is 65.2 Å². The predicted octanol–water partition coefficient (Wildman–Crippen LogP) is 2.65. The number of hydrogen-bond acceptors (Lipinski definition) is 4. The van der Waals surface area contributed by atoms with Crippen LogP contribution in [0.25, 0.3) is 0 Å². The van der Waals surface area contributed by atoms with Crippen LogP contribution in [0.4, 0.5) is 5.69 Å². The summed E-state index contributed by atoms with van der Waals surface area (Å²) in [7, 11) is 0. The lowest BCUT2D eigenvalue weighted by atomic mass is 10.1. The number of nitrogens with one attached hydrogen (secondary N) is 1. The summed E-state index contributed by atoms with van der Waals surface area (Å²) in [5.74, 6) is -0.112. The van der Waals surface area contributed by atoms with Crippen LogP contribution in [0, 0.1) is 0 Å². The lowest BCUT2D eigenvalue weighted by Crippen LogP contribution is -2.35. The minimum absolute atomic E-state index is 0. The van der Waals surface area contributed by atoms with Crippen LogP contribution in [0.1, 0.15) is 21.5 Å². The highest BCUT2D eigenvalue weighted by Crippen LogP contribution is 2.14. The number of benzene rings is 2. The molecule has 2 aromatic rings. The van der Waals surface area contributed by atoms with E-state index >= 15 is 0 Å². The molecule has 1 fully saturated rings. The lowest BCUT2D eigenvalue weighted by molar-refractivity contribution is 0.0342. The number of morpholine rings is 1. The van der Waals surface area contributed by atoms with Crippen molar-refractivity contribution in [3.63, 3.8) is 0 Å². The number of amides is 1. The van der Waals surface area contributed by atoms with Gasteiger partial charge < -0.3 is 15.8 Å². The Morgan fingerprint density at radius 3 is 2.20 bits per heavy atom. The van der Waals surface area contributed by atoms with Crippen LogP contribution < -0.4 is 11.1 Å². The van der Waals surface area contributed by atoms with Crippen molar-refractivity contribution >= 4 is 24.0 Å². The van der Waals surface area contributed by atoms with E-state index in [2.05, 4.69) is 22.3 Å². The molecule has 0 aromatic heterocycles. The van der Waals surface area contributed by atoms with E-state index in [0.29, 0.717) is 12.1 Å². The first-order chi connectivity index (χ1) is 11.7. The molecule has 3 rings (SSSR count). The molecule has 0 bridgehead atoms. The molecule has 2 aromatic carbocycles. The van der Waals surface area contributed by atoms with Crippen LogP contribution in [-0.4, -0.2) is 37.1 Å². The normalized spacial score (nSPS) is 14.6. The number of nitrogens with two attached hydrogens (primary N) is 1. The predicted molar refractivity (Wildman–Crippen MR) is 102 cm³/mol. The minimum atomic E-state index is -0.112. The van der Waals surface area contributed by atoms with Gasteiger partial charge in [-0.1, -0.05) is 24.3 Å². The maximum Gasteiger partial charge on any atom is 0.255 e. The number of rotatable bonds is 5. The van der Waals surface area contributed by atoms with Crippen LogP contribution in [0.15, 0.2) is 48.5 Å². The number of halogens is 1. The summed E-state index contributed by atoms with van der Waals surface area (Å²) >= 11 is 0. The van der Waals surface area contributed by atoms with Gasteiger partial charge in [-0.15, -0.1) is 12.4 Å². The third-order valence-electron chi connectivity index (χ3n) is 4.17. The van der Waals surface area contributed by atoms with E-state index in [9.17, 15) is 4.79 Å². The van der Waals surface area contributed by atoms with Gasteiger partial charge in [0.25, 0.3) is 5.91 Å². The number of carbonyl (C=O) groups excluding carboxylic acids is 1. The first kappa shape index (κ1) is 19.4. The second kappa shape index (κ2) is 9.53. The third-order valence-corrected chi connectivity index (χ3v) is 4.17. The van der Waals surface area contributed by atoms with E-state index in [1.54, 1.807) is 12.1 Å². The molecule has 25 heavy (non-hydrogen) atoms. The number of anilines is 1. The van der Waals surface area contributed by atoms with Crippen molar-refractivity contribution in [1.29, 1.82) is 0 Å². The number of ether oxygens (including phenoxy) is 1. The van der Waals surface area contributed by atoms with Gasteiger partial charge in [0, 0.05) is 37.4 Å². The van der Waals surface area contributed by atoms with Crippen LogP contribution >= 0.6 is 12.4 Å². The number of carbonyl (C=O) groups is 1. The van der Waals surface area contributed by atoms with Crippen molar-refractivity contribution in [2.75, 3.05) is 31.6 Å². The molecule has 134 valence electrons. The quantitative estimate of drug-likeness (QED) is 0.859. The summed E-state index contributed by atoms with van der Waals surface area (Å²) < 4.78 is 5.36. The molecule has 0 radical (unpaired) electrons. The van der Waals surface area contributed by atoms with E-state index in [4.69, 9.17) is 10.5 Å². The van der Waals surface area contributed by atoms with Crippen LogP contribution in [-0.2, 0) is 17.8 Å². The zero-order valence-electron chi connectivity index (χ0n) is 14.1. The molecule has 0 aliphatic carbocycles. The standard InChI is InChI=1S/C19H23N3O2.ClH/c20-13-15-1-5-17(6-2-15)19(23)21-18-7-3-16(4-8-18)14-22-9-11-24-12-10-22;/h1-8H,9-14,20H2,(H,21,23);1H. The Bertz CT molecular complexity index is 668. The molecule has 1 saturated heterocycles. The van der Waals surface area contributed by atoms with Gasteiger partial charge in [0.2, 0.25) is 0 Å². The highest BCUT2D eigenvalue weighted by molar-refractivity contribution is 6.04. The van der Waals surface area contributed by atoms with E-state index < -0.39 is 0 Å². The fourth-order valence-corrected chi connectivity index (χ4v) is 2.71. The van der Waals surface area contributed by atoms with E-state index in [-0.39, 0.29) is 18.3 Å². The van der Waals surface area contributed by atoms with Gasteiger partial charge in [0.15, 0.2) is 0 Å². The Hall–Kier alpha value is -1.92. The molecule has 1 heterocycles. The zero-order valence-corrected chi connectivity index (χ0v) is 14.9. The molecule has 0 atom stereocenters. The summed E-state index contributed by atoms with van der Waals surface area (Å²) in [6.45, 7) is 4.94. The monoisotopic (exact) mass is 361 g/mol. The summed E-state index contributed by atoms with van der Waals surface area (Å²) in [4.78, 5) is 14.6. The summed E-state index contributed by atoms with van der Waals surface area (Å²) in [5, 5.41) is 2.92. The molecular formula is C19H24ClN3O2. The SMILES string of the molecule is Cl.NCc1ccc(C(=O)Nc2ccc(CN3CCOCC3)cc2)cc1. The highest BCUT2D eigenvalue weighted by atomic mass is 35.5. The van der Waals surface area contributed by atoms with Crippen molar-refractivity contribution in [2.45, 2.75) is 13.1 Å². The van der Waals surface area contributed by atoms with Gasteiger partial charge in [-0.25, -0.2) is 0 Å². The van der Waals surface area contributed by atoms with Gasteiger partial charge in [-0.3, -0.25) is 9.69 Å². The second-order valence-electron chi connectivity index (χ2n) is 5.94. The Labute approximate surface area is 154 Å². The molecule has 6 heteroatoms. The molecular weight excluding hydrogens is 338 g/mol. The molecule has 1 amide bonds. The van der Waals surface area contributed by atoms with Gasteiger partial charge in [0.1, 0.15) is 0 Å². The molecule has 3 N–H and O–H groups in total. The Morgan fingerprint density at radius 1 is 1.00 bits per heavy atom. The van der Waals surface area contributed by atoms with Crippen molar-refractivity contribution in [2.24, 2.45) is 5.73 Å². The highest BCUT2D eigenvalue weighted by Gasteiger charge is 2.11. The van der Waals surface area contributed by atoms with Crippen molar-refractivity contribution in [3.8, 4) is 0 Å². The molecule has 5 nitrogen and oxygen atoms in total. The summed E-state index contributed by atoms with van der Waals surface area (Å²) in [5.41, 5.74) is 9.25. The van der Waals surface area contributed by atoms with E-state index in [0.717, 1.165) is 44.1 Å². The molecule has 0 saturated carbocycles. The second-order valence-corrected chi connectivity index (χ2v) is 5.94. The Balaban J connectivity index is 0.00000225. The molecule has 0 spiro atoms. The van der Waals surface area contributed by atoms with Gasteiger partial charge in [-0.2, -0.15) is 0 Å². The molecule has 0 unspecified atom stereocenters. The molecule has 1 aliphatic heterocycles. The minimum Gasteiger partial charge on any atom is -0.379 e.